The fourth-order valence-electron chi connectivity index (χ4n) is 7.56. The molecule has 0 aromatic heterocycles. The van der Waals surface area contributed by atoms with Gasteiger partial charge in [-0.05, 0) is 93.3 Å². The van der Waals surface area contributed by atoms with E-state index in [0.29, 0.717) is 12.5 Å². The topological polar surface area (TPSA) is 49.7 Å². The van der Waals surface area contributed by atoms with Crippen molar-refractivity contribution < 1.29 is 14.9 Å². The Balaban J connectivity index is 1.55. The van der Waals surface area contributed by atoms with Crippen LogP contribution in [0.25, 0.3) is 0 Å². The highest BCUT2D eigenvalue weighted by atomic mass is 16.5. The van der Waals surface area contributed by atoms with Crippen molar-refractivity contribution in [2.24, 2.45) is 40.9 Å². The summed E-state index contributed by atoms with van der Waals surface area (Å²) in [5, 5.41) is 21.5. The molecule has 4 rings (SSSR count). The SMILES string of the molecule is COCC1C[C@H]2[C@H](CC[C@@H]3[C@@H]2CC[C@]2(C)[C@@H](O)CC[C@@H]32)CC1(C)O. The molecule has 3 nitrogen and oxygen atoms in total. The molecule has 2 N–H and O–H groups in total. The molecule has 0 aromatic rings. The van der Waals surface area contributed by atoms with Crippen molar-refractivity contribution in [2.75, 3.05) is 13.7 Å². The molecule has 0 spiro atoms. The van der Waals surface area contributed by atoms with Gasteiger partial charge in [-0.1, -0.05) is 6.92 Å². The van der Waals surface area contributed by atoms with Gasteiger partial charge in [0.25, 0.3) is 0 Å². The van der Waals surface area contributed by atoms with Gasteiger partial charge in [0.1, 0.15) is 0 Å². The van der Waals surface area contributed by atoms with E-state index in [0.717, 1.165) is 42.9 Å². The van der Waals surface area contributed by atoms with Crippen molar-refractivity contribution in [2.45, 2.75) is 76.9 Å². The van der Waals surface area contributed by atoms with Crippen molar-refractivity contribution in [3.05, 3.63) is 0 Å². The van der Waals surface area contributed by atoms with Crippen LogP contribution >= 0.6 is 0 Å². The van der Waals surface area contributed by atoms with Crippen molar-refractivity contribution in [1.29, 1.82) is 0 Å². The lowest BCUT2D eigenvalue weighted by molar-refractivity contribution is -0.141. The Morgan fingerprint density at radius 1 is 1.00 bits per heavy atom. The van der Waals surface area contributed by atoms with Gasteiger partial charge in [0.15, 0.2) is 0 Å². The molecule has 138 valence electrons. The molecule has 0 bridgehead atoms. The molecule has 0 saturated heterocycles. The van der Waals surface area contributed by atoms with E-state index in [2.05, 4.69) is 6.92 Å². The molecule has 9 atom stereocenters. The maximum absolute atomic E-state index is 10.9. The van der Waals surface area contributed by atoms with E-state index in [-0.39, 0.29) is 17.4 Å². The number of aliphatic hydroxyl groups is 2. The number of methoxy groups -OCH3 is 1. The molecule has 0 aliphatic heterocycles. The van der Waals surface area contributed by atoms with Crippen LogP contribution in [0.15, 0.2) is 0 Å². The van der Waals surface area contributed by atoms with Crippen LogP contribution in [0.4, 0.5) is 0 Å². The van der Waals surface area contributed by atoms with E-state index >= 15 is 0 Å². The number of hydrogen-bond donors (Lipinski definition) is 2. The van der Waals surface area contributed by atoms with Crippen LogP contribution < -0.4 is 0 Å². The molecular formula is C21H36O3. The zero-order valence-corrected chi connectivity index (χ0v) is 15.7. The molecule has 0 amide bonds. The Bertz CT molecular complexity index is 476. The summed E-state index contributed by atoms with van der Waals surface area (Å²) in [6.07, 6.45) is 9.36. The average Bonchev–Trinajstić information content (AvgIpc) is 2.83. The van der Waals surface area contributed by atoms with Gasteiger partial charge in [-0.2, -0.15) is 0 Å². The van der Waals surface area contributed by atoms with Crippen molar-refractivity contribution in [3.8, 4) is 0 Å². The molecule has 4 aliphatic rings. The van der Waals surface area contributed by atoms with Crippen LogP contribution in [-0.2, 0) is 4.74 Å². The van der Waals surface area contributed by atoms with Crippen LogP contribution in [0, 0.1) is 40.9 Å². The van der Waals surface area contributed by atoms with Gasteiger partial charge < -0.3 is 14.9 Å². The van der Waals surface area contributed by atoms with E-state index in [9.17, 15) is 10.2 Å². The van der Waals surface area contributed by atoms with Crippen LogP contribution in [0.3, 0.4) is 0 Å². The van der Waals surface area contributed by atoms with Crippen LogP contribution in [0.2, 0.25) is 0 Å². The number of hydrogen-bond acceptors (Lipinski definition) is 3. The zero-order valence-electron chi connectivity index (χ0n) is 15.7. The van der Waals surface area contributed by atoms with Crippen molar-refractivity contribution in [3.63, 3.8) is 0 Å². The number of fused-ring (bicyclic) bond motifs is 5. The molecule has 0 aromatic carbocycles. The van der Waals surface area contributed by atoms with Gasteiger partial charge in [0.05, 0.1) is 18.3 Å². The number of rotatable bonds is 2. The molecule has 2 unspecified atom stereocenters. The molecule has 4 fully saturated rings. The number of aliphatic hydroxyl groups excluding tert-OH is 1. The highest BCUT2D eigenvalue weighted by molar-refractivity contribution is 5.07. The second-order valence-corrected chi connectivity index (χ2v) is 10.0. The first-order chi connectivity index (χ1) is 11.4. The van der Waals surface area contributed by atoms with Gasteiger partial charge in [-0.3, -0.25) is 0 Å². The third-order valence-electron chi connectivity index (χ3n) is 8.95. The standard InChI is InChI=1S/C21H36O3/c1-20-9-8-15-16(18(20)6-7-19(20)22)5-4-13-11-21(2,23)14(12-24-3)10-17(13)15/h13-19,22-23H,4-12H2,1-3H3/t13-,14?,15+,16-,17+,18+,19+,20+,21?/m1/s1. The maximum atomic E-state index is 10.9. The minimum absolute atomic E-state index is 0.0745. The number of ether oxygens (including phenoxy) is 1. The fourth-order valence-corrected chi connectivity index (χ4v) is 7.56. The lowest BCUT2D eigenvalue weighted by Crippen LogP contribution is -2.54. The van der Waals surface area contributed by atoms with E-state index in [4.69, 9.17) is 4.74 Å². The summed E-state index contributed by atoms with van der Waals surface area (Å²) in [6, 6.07) is 0. The first-order valence-electron chi connectivity index (χ1n) is 10.3. The summed E-state index contributed by atoms with van der Waals surface area (Å²) >= 11 is 0. The third kappa shape index (κ3) is 2.49. The van der Waals surface area contributed by atoms with Gasteiger partial charge in [0.2, 0.25) is 0 Å². The minimum atomic E-state index is -0.559. The lowest BCUT2D eigenvalue weighted by atomic mass is 9.48. The summed E-state index contributed by atoms with van der Waals surface area (Å²) in [6.45, 7) is 5.08. The van der Waals surface area contributed by atoms with E-state index in [1.807, 2.05) is 6.92 Å². The van der Waals surface area contributed by atoms with Crippen molar-refractivity contribution >= 4 is 0 Å². The normalized spacial score (nSPS) is 57.1. The summed E-state index contributed by atoms with van der Waals surface area (Å²) in [5.41, 5.74) is -0.378. The van der Waals surface area contributed by atoms with Crippen LogP contribution in [-0.4, -0.2) is 35.6 Å². The van der Waals surface area contributed by atoms with Gasteiger partial charge in [-0.25, -0.2) is 0 Å². The maximum Gasteiger partial charge on any atom is 0.0672 e. The quantitative estimate of drug-likeness (QED) is 0.810. The largest absolute Gasteiger partial charge is 0.393 e. The summed E-state index contributed by atoms with van der Waals surface area (Å²) in [4.78, 5) is 0. The second-order valence-electron chi connectivity index (χ2n) is 10.0. The Hall–Kier alpha value is -0.120. The molecule has 3 heteroatoms. The molecule has 0 heterocycles. The summed E-state index contributed by atoms with van der Waals surface area (Å²) < 4.78 is 5.44. The molecule has 4 aliphatic carbocycles. The van der Waals surface area contributed by atoms with Crippen molar-refractivity contribution in [1.82, 2.24) is 0 Å². The smallest absolute Gasteiger partial charge is 0.0672 e. The average molecular weight is 337 g/mol. The Morgan fingerprint density at radius 3 is 2.54 bits per heavy atom. The zero-order chi connectivity index (χ0) is 17.1. The predicted molar refractivity (Wildman–Crippen MR) is 94.5 cm³/mol. The fraction of sp³-hybridized carbons (Fsp3) is 1.00. The predicted octanol–water partition coefficient (Wildman–Crippen LogP) is 3.62. The molecule has 0 radical (unpaired) electrons. The third-order valence-corrected chi connectivity index (χ3v) is 8.95. The monoisotopic (exact) mass is 336 g/mol. The molecule has 24 heavy (non-hydrogen) atoms. The first kappa shape index (κ1) is 17.3. The van der Waals surface area contributed by atoms with Gasteiger partial charge in [-0.15, -0.1) is 0 Å². The first-order valence-corrected chi connectivity index (χ1v) is 10.3. The Morgan fingerprint density at radius 2 is 1.79 bits per heavy atom. The Kier molecular flexibility index (Phi) is 4.29. The summed E-state index contributed by atoms with van der Waals surface area (Å²) in [5.74, 6) is 4.12. The van der Waals surface area contributed by atoms with Crippen LogP contribution in [0.5, 0.6) is 0 Å². The van der Waals surface area contributed by atoms with Gasteiger partial charge >= 0.3 is 0 Å². The highest BCUT2D eigenvalue weighted by Crippen LogP contribution is 2.63. The lowest BCUT2D eigenvalue weighted by Gasteiger charge is -2.57. The van der Waals surface area contributed by atoms with E-state index in [1.54, 1.807) is 7.11 Å². The van der Waals surface area contributed by atoms with E-state index in [1.165, 1.54) is 32.1 Å². The van der Waals surface area contributed by atoms with E-state index < -0.39 is 5.60 Å². The Labute approximate surface area is 147 Å². The molecule has 4 saturated carbocycles. The summed E-state index contributed by atoms with van der Waals surface area (Å²) in [7, 11) is 1.76. The minimum Gasteiger partial charge on any atom is -0.393 e. The van der Waals surface area contributed by atoms with Gasteiger partial charge in [0, 0.05) is 13.0 Å². The molecular weight excluding hydrogens is 300 g/mol. The van der Waals surface area contributed by atoms with Crippen LogP contribution in [0.1, 0.15) is 65.2 Å². The highest BCUT2D eigenvalue weighted by Gasteiger charge is 2.58. The second kappa shape index (κ2) is 5.96.